The summed E-state index contributed by atoms with van der Waals surface area (Å²) >= 11 is 0. The van der Waals surface area contributed by atoms with E-state index in [0.29, 0.717) is 17.9 Å². The van der Waals surface area contributed by atoms with Crippen LogP contribution in [0.4, 0.5) is 0 Å². The van der Waals surface area contributed by atoms with Crippen LogP contribution in [-0.2, 0) is 6.42 Å². The number of methoxy groups -OCH3 is 1. The van der Waals surface area contributed by atoms with Crippen molar-refractivity contribution in [3.05, 3.63) is 35.9 Å². The molecule has 1 aromatic rings. The van der Waals surface area contributed by atoms with E-state index in [2.05, 4.69) is 30.2 Å². The minimum atomic E-state index is -0.545. The minimum absolute atomic E-state index is 0.187. The summed E-state index contributed by atoms with van der Waals surface area (Å²) in [6, 6.07) is 6.64. The molecule has 1 fully saturated rings. The molecule has 0 amide bonds. The molecule has 0 spiro atoms. The average Bonchev–Trinajstić information content (AvgIpc) is 2.54. The summed E-state index contributed by atoms with van der Waals surface area (Å²) in [5, 5.41) is 10.4. The minimum Gasteiger partial charge on any atom is -0.493 e. The van der Waals surface area contributed by atoms with Crippen molar-refractivity contribution >= 4 is 0 Å². The van der Waals surface area contributed by atoms with E-state index in [1.165, 1.54) is 5.56 Å². The van der Waals surface area contributed by atoms with E-state index in [1.807, 2.05) is 12.1 Å². The second kappa shape index (κ2) is 5.28. The number of rotatable bonds is 1. The smallest absolute Gasteiger partial charge is 0.162 e. The zero-order valence-electron chi connectivity index (χ0n) is 13.1. The number of fused-ring (bicyclic) bond motifs is 2. The third-order valence-electron chi connectivity index (χ3n) is 5.55. The van der Waals surface area contributed by atoms with Gasteiger partial charge in [-0.3, -0.25) is 0 Å². The van der Waals surface area contributed by atoms with Gasteiger partial charge in [0, 0.05) is 12.0 Å². The quantitative estimate of drug-likeness (QED) is 0.804. The predicted octanol–water partition coefficient (Wildman–Crippen LogP) is 1.87. The molecular weight excluding hydrogens is 278 g/mol. The molecule has 0 unspecified atom stereocenters. The lowest BCUT2D eigenvalue weighted by Crippen LogP contribution is -2.55. The molecule has 0 aromatic heterocycles. The van der Waals surface area contributed by atoms with Crippen molar-refractivity contribution in [3.63, 3.8) is 0 Å². The Kier molecular flexibility index (Phi) is 3.39. The number of hydrogen-bond acceptors (Lipinski definition) is 4. The van der Waals surface area contributed by atoms with Gasteiger partial charge in [0.1, 0.15) is 12.2 Å². The molecule has 2 aliphatic heterocycles. The van der Waals surface area contributed by atoms with E-state index in [9.17, 15) is 5.11 Å². The standard InChI is InChI=1S/C18H23NO3/c1-19-8-7-13-12-4-5-15(20)18(13)22-17-10-11(9-14(12)19)3-6-16(17)21-2/h3-6,10,12-15,18,20H,7-9H2,1-2H3/t12-,13+,14-,15+,18-/m1/s1. The Hall–Kier alpha value is -1.52. The van der Waals surface area contributed by atoms with Gasteiger partial charge in [-0.15, -0.1) is 0 Å². The van der Waals surface area contributed by atoms with Crippen molar-refractivity contribution in [2.45, 2.75) is 31.1 Å². The molecule has 2 heterocycles. The largest absolute Gasteiger partial charge is 0.493 e. The normalized spacial score (nSPS) is 36.8. The van der Waals surface area contributed by atoms with Crippen LogP contribution >= 0.6 is 0 Å². The number of aliphatic hydroxyl groups is 1. The summed E-state index contributed by atoms with van der Waals surface area (Å²) in [7, 11) is 3.87. The number of ether oxygens (including phenoxy) is 2. The van der Waals surface area contributed by atoms with Crippen molar-refractivity contribution in [2.24, 2.45) is 11.8 Å². The number of benzene rings is 1. The molecule has 0 radical (unpaired) electrons. The molecular formula is C18H23NO3. The fraction of sp³-hybridized carbons (Fsp3) is 0.556. The maximum Gasteiger partial charge on any atom is 0.162 e. The number of piperidine rings is 1. The van der Waals surface area contributed by atoms with Gasteiger partial charge in [-0.1, -0.05) is 18.2 Å². The lowest BCUT2D eigenvalue weighted by Gasteiger charge is -2.47. The Labute approximate surface area is 131 Å². The van der Waals surface area contributed by atoms with Gasteiger partial charge >= 0.3 is 0 Å². The number of nitrogens with zero attached hydrogens (tertiary/aromatic N) is 1. The number of aliphatic hydroxyl groups excluding tert-OH is 1. The molecule has 5 atom stereocenters. The van der Waals surface area contributed by atoms with Gasteiger partial charge in [0.15, 0.2) is 11.5 Å². The molecule has 118 valence electrons. The molecule has 0 saturated carbocycles. The van der Waals surface area contributed by atoms with Crippen molar-refractivity contribution in [2.75, 3.05) is 20.7 Å². The fourth-order valence-electron chi connectivity index (χ4n) is 4.33. The van der Waals surface area contributed by atoms with Crippen LogP contribution in [0.1, 0.15) is 12.0 Å². The zero-order valence-corrected chi connectivity index (χ0v) is 13.1. The first-order valence-electron chi connectivity index (χ1n) is 8.07. The Morgan fingerprint density at radius 1 is 1.32 bits per heavy atom. The topological polar surface area (TPSA) is 41.9 Å². The van der Waals surface area contributed by atoms with Gasteiger partial charge < -0.3 is 19.5 Å². The van der Waals surface area contributed by atoms with E-state index in [4.69, 9.17) is 9.47 Å². The summed E-state index contributed by atoms with van der Waals surface area (Å²) in [6.07, 6.45) is 5.46. The van der Waals surface area contributed by atoms with Crippen molar-refractivity contribution in [1.82, 2.24) is 4.90 Å². The highest BCUT2D eigenvalue weighted by molar-refractivity contribution is 5.44. The fourth-order valence-corrected chi connectivity index (χ4v) is 4.33. The van der Waals surface area contributed by atoms with E-state index in [1.54, 1.807) is 7.11 Å². The summed E-state index contributed by atoms with van der Waals surface area (Å²) in [5.41, 5.74) is 1.27. The molecule has 4 rings (SSSR count). The second-order valence-corrected chi connectivity index (χ2v) is 6.73. The first kappa shape index (κ1) is 14.1. The summed E-state index contributed by atoms with van der Waals surface area (Å²) < 4.78 is 11.7. The van der Waals surface area contributed by atoms with Crippen LogP contribution < -0.4 is 9.47 Å². The lowest BCUT2D eigenvalue weighted by molar-refractivity contribution is -0.0366. The molecule has 3 aliphatic rings. The average molecular weight is 301 g/mol. The van der Waals surface area contributed by atoms with E-state index in [-0.39, 0.29) is 6.10 Å². The monoisotopic (exact) mass is 301 g/mol. The summed E-state index contributed by atoms with van der Waals surface area (Å²) in [4.78, 5) is 2.45. The van der Waals surface area contributed by atoms with Crippen LogP contribution in [0.2, 0.25) is 0 Å². The van der Waals surface area contributed by atoms with Crippen molar-refractivity contribution in [1.29, 1.82) is 0 Å². The molecule has 4 heteroatoms. The van der Waals surface area contributed by atoms with Gasteiger partial charge in [0.05, 0.1) is 7.11 Å². The molecule has 1 N–H and O–H groups in total. The zero-order chi connectivity index (χ0) is 15.3. The third kappa shape index (κ3) is 2.13. The number of hydrogen-bond donors (Lipinski definition) is 1. The maximum absolute atomic E-state index is 10.4. The molecule has 22 heavy (non-hydrogen) atoms. The highest BCUT2D eigenvalue weighted by Crippen LogP contribution is 2.42. The van der Waals surface area contributed by atoms with Crippen LogP contribution in [0.25, 0.3) is 0 Å². The van der Waals surface area contributed by atoms with Crippen LogP contribution in [0, 0.1) is 11.8 Å². The van der Waals surface area contributed by atoms with Gasteiger partial charge in [-0.05, 0) is 50.0 Å². The molecule has 6 bridgehead atoms. The van der Waals surface area contributed by atoms with Crippen LogP contribution in [0.15, 0.2) is 30.4 Å². The Morgan fingerprint density at radius 2 is 2.18 bits per heavy atom. The van der Waals surface area contributed by atoms with Gasteiger partial charge in [-0.2, -0.15) is 0 Å². The first-order chi connectivity index (χ1) is 10.7. The predicted molar refractivity (Wildman–Crippen MR) is 84.3 cm³/mol. The highest BCUT2D eigenvalue weighted by Gasteiger charge is 2.45. The van der Waals surface area contributed by atoms with Gasteiger partial charge in [-0.25, -0.2) is 0 Å². The Bertz CT molecular complexity index is 600. The van der Waals surface area contributed by atoms with Gasteiger partial charge in [0.2, 0.25) is 0 Å². The molecule has 1 saturated heterocycles. The summed E-state index contributed by atoms with van der Waals surface area (Å²) in [6.45, 7) is 1.05. The molecule has 1 aliphatic carbocycles. The Balaban J connectivity index is 1.83. The highest BCUT2D eigenvalue weighted by atomic mass is 16.5. The van der Waals surface area contributed by atoms with Crippen LogP contribution in [-0.4, -0.2) is 49.0 Å². The van der Waals surface area contributed by atoms with E-state index >= 15 is 0 Å². The third-order valence-corrected chi connectivity index (χ3v) is 5.55. The lowest BCUT2D eigenvalue weighted by atomic mass is 9.71. The van der Waals surface area contributed by atoms with E-state index in [0.717, 1.165) is 30.9 Å². The SMILES string of the molecule is COc1ccc2cc1O[C@@H]1[C@H]3CCN(C)[C@H](C2)[C@@H]3C=C[C@@H]1O. The second-order valence-electron chi connectivity index (χ2n) is 6.73. The van der Waals surface area contributed by atoms with Crippen molar-refractivity contribution < 1.29 is 14.6 Å². The molecule has 1 aromatic carbocycles. The Morgan fingerprint density at radius 3 is 3.00 bits per heavy atom. The first-order valence-corrected chi connectivity index (χ1v) is 8.07. The van der Waals surface area contributed by atoms with Gasteiger partial charge in [0.25, 0.3) is 0 Å². The summed E-state index contributed by atoms with van der Waals surface area (Å²) in [5.74, 6) is 2.30. The molecule has 4 nitrogen and oxygen atoms in total. The van der Waals surface area contributed by atoms with Crippen LogP contribution in [0.3, 0.4) is 0 Å². The van der Waals surface area contributed by atoms with E-state index < -0.39 is 6.10 Å². The number of likely N-dealkylation sites (tertiary alicyclic amines) is 1. The number of likely N-dealkylation sites (N-methyl/N-ethyl adjacent to an activating group) is 1. The van der Waals surface area contributed by atoms with Crippen molar-refractivity contribution in [3.8, 4) is 11.5 Å². The van der Waals surface area contributed by atoms with Crippen LogP contribution in [0.5, 0.6) is 11.5 Å². The maximum atomic E-state index is 10.4.